The average Bonchev–Trinajstić information content (AvgIpc) is 2.44. The first-order chi connectivity index (χ1) is 9.97. The summed E-state index contributed by atoms with van der Waals surface area (Å²) in [6, 6.07) is 6.58. The van der Waals surface area contributed by atoms with Gasteiger partial charge in [-0.2, -0.15) is 0 Å². The third-order valence-corrected chi connectivity index (χ3v) is 2.72. The lowest BCUT2D eigenvalue weighted by atomic mass is 10.2. The molecule has 0 radical (unpaired) electrons. The third-order valence-electron chi connectivity index (χ3n) is 2.72. The van der Waals surface area contributed by atoms with Crippen LogP contribution in [-0.2, 0) is 6.54 Å². The highest BCUT2D eigenvalue weighted by Gasteiger charge is 2.21. The largest absolute Gasteiger partial charge is 0.384 e. The maximum absolute atomic E-state index is 12.1. The van der Waals surface area contributed by atoms with Gasteiger partial charge in [0.15, 0.2) is 0 Å². The molecular weight excluding hydrogens is 274 g/mol. The molecule has 2 heterocycles. The molecule has 108 valence electrons. The van der Waals surface area contributed by atoms with Crippen LogP contribution in [-0.4, -0.2) is 20.8 Å². The number of nitrogens with one attached hydrogen (secondary N) is 1. The van der Waals surface area contributed by atoms with Gasteiger partial charge in [0.25, 0.3) is 11.6 Å². The Morgan fingerprint density at radius 1 is 1.48 bits per heavy atom. The van der Waals surface area contributed by atoms with E-state index in [-0.39, 0.29) is 23.6 Å². The van der Waals surface area contributed by atoms with Gasteiger partial charge in [-0.05, 0) is 25.1 Å². The number of rotatable bonds is 4. The Morgan fingerprint density at radius 3 is 2.90 bits per heavy atom. The number of hydrogen-bond acceptors (Lipinski definition) is 6. The summed E-state index contributed by atoms with van der Waals surface area (Å²) in [7, 11) is 0. The number of amides is 1. The van der Waals surface area contributed by atoms with Crippen LogP contribution in [0.4, 0.5) is 11.5 Å². The monoisotopic (exact) mass is 287 g/mol. The molecule has 0 aliphatic carbocycles. The first kappa shape index (κ1) is 14.4. The Balaban J connectivity index is 2.17. The number of nitrogen functional groups attached to an aromatic ring is 1. The summed E-state index contributed by atoms with van der Waals surface area (Å²) in [5, 5.41) is 13.5. The van der Waals surface area contributed by atoms with E-state index in [1.54, 1.807) is 6.07 Å². The summed E-state index contributed by atoms with van der Waals surface area (Å²) in [5.41, 5.74) is 6.43. The van der Waals surface area contributed by atoms with Crippen molar-refractivity contribution in [3.63, 3.8) is 0 Å². The first-order valence-corrected chi connectivity index (χ1v) is 6.08. The highest BCUT2D eigenvalue weighted by Crippen LogP contribution is 2.18. The second kappa shape index (κ2) is 5.95. The zero-order valence-electron chi connectivity index (χ0n) is 11.2. The minimum Gasteiger partial charge on any atom is -0.384 e. The van der Waals surface area contributed by atoms with E-state index in [1.807, 2.05) is 19.1 Å². The van der Waals surface area contributed by atoms with E-state index < -0.39 is 10.8 Å². The summed E-state index contributed by atoms with van der Waals surface area (Å²) in [4.78, 5) is 30.1. The Labute approximate surface area is 120 Å². The van der Waals surface area contributed by atoms with Crippen LogP contribution in [0.15, 0.2) is 30.5 Å². The number of carbonyl (C=O) groups is 1. The maximum atomic E-state index is 12.1. The van der Waals surface area contributed by atoms with Crippen molar-refractivity contribution in [2.75, 3.05) is 5.73 Å². The number of aryl methyl sites for hydroxylation is 1. The molecule has 1 amide bonds. The number of pyridine rings is 2. The molecule has 0 fully saturated rings. The fourth-order valence-electron chi connectivity index (χ4n) is 1.76. The number of nitrogens with zero attached hydrogens (tertiary/aromatic N) is 3. The van der Waals surface area contributed by atoms with Crippen molar-refractivity contribution >= 4 is 17.4 Å². The van der Waals surface area contributed by atoms with Crippen LogP contribution in [0.2, 0.25) is 0 Å². The molecule has 3 N–H and O–H groups in total. The summed E-state index contributed by atoms with van der Waals surface area (Å²) in [5.74, 6) is -0.557. The summed E-state index contributed by atoms with van der Waals surface area (Å²) in [6.45, 7) is 2.00. The lowest BCUT2D eigenvalue weighted by molar-refractivity contribution is -0.385. The van der Waals surface area contributed by atoms with E-state index in [4.69, 9.17) is 5.73 Å². The van der Waals surface area contributed by atoms with Crippen LogP contribution in [0.5, 0.6) is 0 Å². The molecule has 2 aromatic heterocycles. The minimum atomic E-state index is -0.674. The lowest BCUT2D eigenvalue weighted by Crippen LogP contribution is -2.24. The zero-order valence-corrected chi connectivity index (χ0v) is 11.2. The maximum Gasteiger partial charge on any atom is 0.300 e. The molecule has 2 rings (SSSR count). The minimum absolute atomic E-state index is 0.0411. The van der Waals surface area contributed by atoms with Crippen LogP contribution in [0, 0.1) is 17.0 Å². The summed E-state index contributed by atoms with van der Waals surface area (Å²) >= 11 is 0. The Morgan fingerprint density at radius 2 is 2.24 bits per heavy atom. The van der Waals surface area contributed by atoms with Crippen molar-refractivity contribution in [3.05, 3.63) is 57.5 Å². The van der Waals surface area contributed by atoms with Crippen molar-refractivity contribution in [2.24, 2.45) is 0 Å². The van der Waals surface area contributed by atoms with Gasteiger partial charge in [-0.15, -0.1) is 0 Å². The molecule has 0 saturated carbocycles. The predicted molar refractivity (Wildman–Crippen MR) is 75.4 cm³/mol. The van der Waals surface area contributed by atoms with E-state index in [0.717, 1.165) is 11.9 Å². The summed E-state index contributed by atoms with van der Waals surface area (Å²) in [6.07, 6.45) is 0.967. The van der Waals surface area contributed by atoms with Gasteiger partial charge in [0, 0.05) is 5.69 Å². The van der Waals surface area contributed by atoms with E-state index >= 15 is 0 Å². The van der Waals surface area contributed by atoms with E-state index in [2.05, 4.69) is 15.3 Å². The zero-order chi connectivity index (χ0) is 15.4. The number of anilines is 1. The van der Waals surface area contributed by atoms with Crippen molar-refractivity contribution in [1.82, 2.24) is 15.3 Å². The smallest absolute Gasteiger partial charge is 0.300 e. The Bertz CT molecular complexity index is 702. The van der Waals surface area contributed by atoms with Crippen LogP contribution in [0.3, 0.4) is 0 Å². The topological polar surface area (TPSA) is 124 Å². The van der Waals surface area contributed by atoms with Gasteiger partial charge < -0.3 is 11.1 Å². The van der Waals surface area contributed by atoms with E-state index in [1.165, 1.54) is 6.07 Å². The van der Waals surface area contributed by atoms with Gasteiger partial charge in [-0.1, -0.05) is 6.07 Å². The normalized spacial score (nSPS) is 10.1. The lowest BCUT2D eigenvalue weighted by Gasteiger charge is -2.06. The van der Waals surface area contributed by atoms with Crippen LogP contribution >= 0.6 is 0 Å². The Hall–Kier alpha value is -3.03. The fraction of sp³-hybridized carbons (Fsp3) is 0.154. The highest BCUT2D eigenvalue weighted by molar-refractivity contribution is 5.98. The average molecular weight is 287 g/mol. The van der Waals surface area contributed by atoms with Gasteiger partial charge in [-0.3, -0.25) is 19.9 Å². The third kappa shape index (κ3) is 3.50. The second-order valence-corrected chi connectivity index (χ2v) is 4.34. The molecule has 2 aromatic rings. The molecule has 0 atom stereocenters. The van der Waals surface area contributed by atoms with Crippen LogP contribution in [0.1, 0.15) is 21.7 Å². The fourth-order valence-corrected chi connectivity index (χ4v) is 1.76. The van der Waals surface area contributed by atoms with Crippen molar-refractivity contribution in [3.8, 4) is 0 Å². The highest BCUT2D eigenvalue weighted by atomic mass is 16.6. The van der Waals surface area contributed by atoms with Crippen molar-refractivity contribution in [1.29, 1.82) is 0 Å². The molecule has 8 nitrogen and oxygen atoms in total. The number of hydrogen-bond donors (Lipinski definition) is 2. The molecule has 0 aromatic carbocycles. The number of nitro groups is 1. The molecular formula is C13H13N5O3. The van der Waals surface area contributed by atoms with E-state index in [0.29, 0.717) is 5.69 Å². The van der Waals surface area contributed by atoms with Gasteiger partial charge in [0.05, 0.1) is 17.2 Å². The van der Waals surface area contributed by atoms with Gasteiger partial charge in [0.2, 0.25) is 0 Å². The predicted octanol–water partition coefficient (Wildman–Crippen LogP) is 1.21. The second-order valence-electron chi connectivity index (χ2n) is 4.34. The SMILES string of the molecule is Cc1cccc(CNC(=O)c2cc(N)ncc2[N+](=O)[O-])n1. The van der Waals surface area contributed by atoms with Crippen LogP contribution in [0.25, 0.3) is 0 Å². The van der Waals surface area contributed by atoms with Crippen molar-refractivity contribution in [2.45, 2.75) is 13.5 Å². The molecule has 21 heavy (non-hydrogen) atoms. The molecule has 0 aliphatic heterocycles. The molecule has 0 unspecified atom stereocenters. The van der Waals surface area contributed by atoms with E-state index in [9.17, 15) is 14.9 Å². The van der Waals surface area contributed by atoms with Gasteiger partial charge in [0.1, 0.15) is 17.6 Å². The molecule has 0 bridgehead atoms. The molecule has 0 saturated heterocycles. The number of nitrogens with two attached hydrogens (primary N) is 1. The van der Waals surface area contributed by atoms with Crippen LogP contribution < -0.4 is 11.1 Å². The number of aromatic nitrogens is 2. The van der Waals surface area contributed by atoms with Gasteiger partial charge >= 0.3 is 0 Å². The first-order valence-electron chi connectivity index (χ1n) is 6.08. The number of carbonyl (C=O) groups excluding carboxylic acids is 1. The van der Waals surface area contributed by atoms with Gasteiger partial charge in [-0.25, -0.2) is 4.98 Å². The van der Waals surface area contributed by atoms with Crippen molar-refractivity contribution < 1.29 is 9.72 Å². The molecule has 8 heteroatoms. The standard InChI is InChI=1S/C13H13N5O3/c1-8-3-2-4-9(17-8)6-16-13(19)10-5-12(14)15-7-11(10)18(20)21/h2-5,7H,6H2,1H3,(H2,14,15)(H,16,19). The summed E-state index contributed by atoms with van der Waals surface area (Å²) < 4.78 is 0. The quantitative estimate of drug-likeness (QED) is 0.643. The molecule has 0 aliphatic rings. The molecule has 0 spiro atoms. The Kier molecular flexibility index (Phi) is 4.07.